The van der Waals surface area contributed by atoms with Crippen LogP contribution in [0, 0.1) is 44.8 Å². The molecule has 5 aliphatic carbocycles. The summed E-state index contributed by atoms with van der Waals surface area (Å²) in [7, 11) is 0. The van der Waals surface area contributed by atoms with Crippen molar-refractivity contribution in [2.45, 2.75) is 104 Å². The van der Waals surface area contributed by atoms with E-state index in [0.29, 0.717) is 12.8 Å². The van der Waals surface area contributed by atoms with Crippen LogP contribution < -0.4 is 0 Å². The molecule has 3 spiro atoms. The molecular weight excluding hydrogens is 456 g/mol. The molecule has 2 bridgehead atoms. The quantitative estimate of drug-likeness (QED) is 0.537. The van der Waals surface area contributed by atoms with E-state index in [1.807, 2.05) is 20.8 Å². The van der Waals surface area contributed by atoms with Gasteiger partial charge in [0.1, 0.15) is 18.0 Å². The third-order valence-corrected chi connectivity index (χ3v) is 12.6. The van der Waals surface area contributed by atoms with Crippen LogP contribution in [0.25, 0.3) is 0 Å². The summed E-state index contributed by atoms with van der Waals surface area (Å²) in [4.78, 5) is 27.3. The van der Waals surface area contributed by atoms with E-state index in [1.54, 1.807) is 19.9 Å². The average molecular weight is 497 g/mol. The predicted molar refractivity (Wildman–Crippen MR) is 131 cm³/mol. The Morgan fingerprint density at radius 2 is 1.78 bits per heavy atom. The number of hydrogen-bond acceptors (Lipinski definition) is 6. The van der Waals surface area contributed by atoms with Gasteiger partial charge in [-0.15, -0.1) is 0 Å². The summed E-state index contributed by atoms with van der Waals surface area (Å²) in [6, 6.07) is 0. The second kappa shape index (κ2) is 6.11. The maximum Gasteiger partial charge on any atom is 0.200 e. The highest BCUT2D eigenvalue weighted by atomic mass is 16.8. The Morgan fingerprint density at radius 3 is 2.44 bits per heavy atom. The number of carbonyl (C=O) groups excluding carboxylic acids is 2. The van der Waals surface area contributed by atoms with Crippen LogP contribution >= 0.6 is 0 Å². The normalized spacial score (nSPS) is 57.9. The molecule has 5 fully saturated rings. The lowest BCUT2D eigenvalue weighted by Crippen LogP contribution is -2.58. The Labute approximate surface area is 213 Å². The van der Waals surface area contributed by atoms with Crippen LogP contribution in [0.1, 0.15) is 74.1 Å². The molecule has 11 atom stereocenters. The van der Waals surface area contributed by atoms with Crippen LogP contribution in [0.2, 0.25) is 0 Å². The van der Waals surface area contributed by atoms with Crippen LogP contribution in [0.4, 0.5) is 0 Å². The van der Waals surface area contributed by atoms with Gasteiger partial charge >= 0.3 is 0 Å². The van der Waals surface area contributed by atoms with Gasteiger partial charge < -0.3 is 19.7 Å². The van der Waals surface area contributed by atoms with Crippen molar-refractivity contribution in [2.24, 2.45) is 44.8 Å². The Kier molecular flexibility index (Phi) is 4.03. The van der Waals surface area contributed by atoms with Gasteiger partial charge in [-0.3, -0.25) is 9.59 Å². The summed E-state index contributed by atoms with van der Waals surface area (Å²) in [5.41, 5.74) is -2.75. The summed E-state index contributed by atoms with van der Waals surface area (Å²) in [5, 5.41) is 23.3. The molecule has 196 valence electrons. The van der Waals surface area contributed by atoms with Gasteiger partial charge in [0.05, 0.1) is 11.7 Å². The zero-order valence-electron chi connectivity index (χ0n) is 22.6. The van der Waals surface area contributed by atoms with Crippen LogP contribution in [-0.4, -0.2) is 51.5 Å². The standard InChI is InChI=1S/C30H40O6/c1-15-12-16-22(25(4,5)34)36-30(35-16)21(15)27(7)20(32)13-29-14-28(29)11-10-19(31)24(2,3)17(28)8-9-18(29)26(27,6)23(30)33/h9-11,15-17,21-23,33-34H,8,12-14H2,1-7H3/t15-,16-,17+,21-,22+,23-,26-,27-,28-,29+,30+/m1/s1. The molecule has 36 heavy (non-hydrogen) atoms. The van der Waals surface area contributed by atoms with Crippen molar-refractivity contribution in [2.75, 3.05) is 0 Å². The molecule has 0 amide bonds. The first kappa shape index (κ1) is 23.8. The second-order valence-corrected chi connectivity index (χ2v) is 14.8. The van der Waals surface area contributed by atoms with E-state index in [4.69, 9.17) is 9.47 Å². The van der Waals surface area contributed by atoms with Crippen molar-refractivity contribution < 1.29 is 29.3 Å². The van der Waals surface area contributed by atoms with Crippen molar-refractivity contribution in [1.29, 1.82) is 0 Å². The molecular formula is C30H40O6. The number of ether oxygens (including phenoxy) is 2. The van der Waals surface area contributed by atoms with Gasteiger partial charge in [0, 0.05) is 39.4 Å². The Bertz CT molecular complexity index is 1180. The molecule has 6 heteroatoms. The highest BCUT2D eigenvalue weighted by Crippen LogP contribution is 2.87. The predicted octanol–water partition coefficient (Wildman–Crippen LogP) is 3.74. The van der Waals surface area contributed by atoms with Crippen LogP contribution in [0.15, 0.2) is 23.8 Å². The van der Waals surface area contributed by atoms with Gasteiger partial charge in [0.25, 0.3) is 0 Å². The molecule has 7 aliphatic rings. The summed E-state index contributed by atoms with van der Waals surface area (Å²) in [5.74, 6) is -1.07. The lowest BCUT2D eigenvalue weighted by atomic mass is 9.45. The summed E-state index contributed by atoms with van der Waals surface area (Å²) in [6.07, 6.45) is 6.92. The molecule has 2 N–H and O–H groups in total. The summed E-state index contributed by atoms with van der Waals surface area (Å²) in [6.45, 7) is 13.8. The molecule has 7 rings (SSSR count). The number of carbonyl (C=O) groups is 2. The Hall–Kier alpha value is -1.34. The number of allylic oxidation sites excluding steroid dienone is 3. The molecule has 0 aromatic carbocycles. The molecule has 0 aromatic heterocycles. The van der Waals surface area contributed by atoms with Gasteiger partial charge in [-0.1, -0.05) is 52.3 Å². The minimum absolute atomic E-state index is 0.0896. The number of aliphatic hydroxyl groups excluding tert-OH is 1. The van der Waals surface area contributed by atoms with E-state index in [1.165, 1.54) is 5.57 Å². The Morgan fingerprint density at radius 1 is 1.08 bits per heavy atom. The van der Waals surface area contributed by atoms with Crippen molar-refractivity contribution in [3.8, 4) is 0 Å². The van der Waals surface area contributed by atoms with Crippen molar-refractivity contribution >= 4 is 11.6 Å². The number of rotatable bonds is 1. The average Bonchev–Trinajstić information content (AvgIpc) is 3.27. The first-order valence-electron chi connectivity index (χ1n) is 13.8. The minimum atomic E-state index is -1.32. The second-order valence-electron chi connectivity index (χ2n) is 14.8. The number of aliphatic hydroxyl groups is 2. The topological polar surface area (TPSA) is 93.1 Å². The molecule has 0 radical (unpaired) electrons. The molecule has 6 nitrogen and oxygen atoms in total. The fourth-order valence-electron chi connectivity index (χ4n) is 10.9. The third-order valence-electron chi connectivity index (χ3n) is 12.6. The van der Waals surface area contributed by atoms with Gasteiger partial charge in [-0.05, 0) is 51.0 Å². The molecule has 0 aromatic rings. The number of fused-ring (bicyclic) bond motifs is 4. The van der Waals surface area contributed by atoms with Crippen LogP contribution in [0.5, 0.6) is 0 Å². The zero-order chi connectivity index (χ0) is 26.1. The van der Waals surface area contributed by atoms with Crippen molar-refractivity contribution in [3.05, 3.63) is 23.8 Å². The monoisotopic (exact) mass is 496 g/mol. The van der Waals surface area contributed by atoms with Crippen LogP contribution in [-0.2, 0) is 19.1 Å². The lowest BCUT2D eigenvalue weighted by molar-refractivity contribution is -0.279. The first-order chi connectivity index (χ1) is 16.5. The fourth-order valence-corrected chi connectivity index (χ4v) is 10.9. The van der Waals surface area contributed by atoms with Gasteiger partial charge in [0.2, 0.25) is 0 Å². The maximum absolute atomic E-state index is 14.5. The van der Waals surface area contributed by atoms with E-state index < -0.39 is 39.8 Å². The van der Waals surface area contributed by atoms with E-state index in [2.05, 4.69) is 26.0 Å². The van der Waals surface area contributed by atoms with Gasteiger partial charge in [0.15, 0.2) is 11.6 Å². The number of ketones is 2. The largest absolute Gasteiger partial charge is 0.388 e. The summed E-state index contributed by atoms with van der Waals surface area (Å²) >= 11 is 0. The SMILES string of the molecule is C[C@@H]1C[C@H]2O[C@@]3(O[C@@H]2C(C)(C)O)[C@H](O)[C@@]2(C)C4=CC[C@H]5C(C)(C)C(=O)C=C[C@@]56C[C@@]46CC(=O)[C@]2(C)[C@@H]13. The molecule has 3 saturated carbocycles. The highest BCUT2D eigenvalue weighted by Gasteiger charge is 2.88. The van der Waals surface area contributed by atoms with E-state index >= 15 is 0 Å². The first-order valence-corrected chi connectivity index (χ1v) is 13.8. The molecule has 2 aliphatic heterocycles. The van der Waals surface area contributed by atoms with E-state index in [9.17, 15) is 19.8 Å². The molecule has 2 saturated heterocycles. The lowest BCUT2D eigenvalue weighted by Gasteiger charge is -2.57. The minimum Gasteiger partial charge on any atom is -0.388 e. The van der Waals surface area contributed by atoms with E-state index in [0.717, 1.165) is 12.8 Å². The number of Topliss-reactive ketones (excluding diaryl/α,β-unsaturated/α-hetero) is 1. The van der Waals surface area contributed by atoms with Crippen LogP contribution in [0.3, 0.4) is 0 Å². The zero-order valence-corrected chi connectivity index (χ0v) is 22.6. The van der Waals surface area contributed by atoms with E-state index in [-0.39, 0.29) is 46.3 Å². The summed E-state index contributed by atoms with van der Waals surface area (Å²) < 4.78 is 13.2. The highest BCUT2D eigenvalue weighted by molar-refractivity contribution is 5.97. The van der Waals surface area contributed by atoms with Gasteiger partial charge in [-0.25, -0.2) is 0 Å². The fraction of sp³-hybridized carbons (Fsp3) is 0.800. The van der Waals surface area contributed by atoms with Crippen molar-refractivity contribution in [3.63, 3.8) is 0 Å². The molecule has 0 unspecified atom stereocenters. The third kappa shape index (κ3) is 2.11. The Balaban J connectivity index is 1.42. The number of hydrogen-bond donors (Lipinski definition) is 2. The van der Waals surface area contributed by atoms with Crippen molar-refractivity contribution in [1.82, 2.24) is 0 Å². The maximum atomic E-state index is 14.5. The molecule has 2 heterocycles. The van der Waals surface area contributed by atoms with Gasteiger partial charge in [-0.2, -0.15) is 0 Å². The smallest absolute Gasteiger partial charge is 0.200 e.